The van der Waals surface area contributed by atoms with E-state index >= 15 is 0 Å². The molecule has 0 aliphatic rings. The third kappa shape index (κ3) is 12.3. The highest BCUT2D eigenvalue weighted by Crippen LogP contribution is 2.13. The van der Waals surface area contributed by atoms with E-state index in [1.807, 2.05) is 19.9 Å². The Hall–Kier alpha value is -4.82. The van der Waals surface area contributed by atoms with Crippen molar-refractivity contribution in [2.75, 3.05) is 0 Å². The lowest BCUT2D eigenvalue weighted by atomic mass is 10.0. The van der Waals surface area contributed by atoms with Crippen LogP contribution in [0.5, 0.6) is 5.75 Å². The van der Waals surface area contributed by atoms with Crippen molar-refractivity contribution in [2.45, 2.75) is 51.2 Å². The zero-order valence-electron chi connectivity index (χ0n) is 23.8. The summed E-state index contributed by atoms with van der Waals surface area (Å²) in [7, 11) is 0. The van der Waals surface area contributed by atoms with Gasteiger partial charge < -0.3 is 36.2 Å². The number of carboxylic acids is 1. The zero-order chi connectivity index (χ0) is 31.8. The summed E-state index contributed by atoms with van der Waals surface area (Å²) in [5, 5.41) is 41.2. The molecule has 0 saturated carbocycles. The van der Waals surface area contributed by atoms with Crippen molar-refractivity contribution in [3.63, 3.8) is 0 Å². The smallest absolute Gasteiger partial charge is 0.482 e. The zero-order valence-corrected chi connectivity index (χ0v) is 23.8. The fourth-order valence-electron chi connectivity index (χ4n) is 4.02. The van der Waals surface area contributed by atoms with Crippen LogP contribution >= 0.6 is 0 Å². The first kappa shape index (κ1) is 34.4. The first-order valence-electron chi connectivity index (χ1n) is 13.4. The van der Waals surface area contributed by atoms with Gasteiger partial charge in [0.25, 0.3) is 5.91 Å². The summed E-state index contributed by atoms with van der Waals surface area (Å²) in [5.74, 6) is -3.10. The van der Waals surface area contributed by atoms with Crippen molar-refractivity contribution in [2.24, 2.45) is 5.92 Å². The van der Waals surface area contributed by atoms with Crippen LogP contribution < -0.4 is 16.0 Å². The van der Waals surface area contributed by atoms with Crippen molar-refractivity contribution in [3.8, 4) is 5.75 Å². The number of carboxylic acid groups (broad SMARTS) is 1. The molecule has 1 radical (unpaired) electrons. The first-order valence-corrected chi connectivity index (χ1v) is 13.4. The number of phenols is 1. The Kier molecular flexibility index (Phi) is 14.3. The van der Waals surface area contributed by atoms with Gasteiger partial charge >= 0.3 is 13.7 Å². The quantitative estimate of drug-likeness (QED) is 0.136. The van der Waals surface area contributed by atoms with E-state index in [2.05, 4.69) is 25.9 Å². The molecular weight excluding hydrogens is 557 g/mol. The average Bonchev–Trinajstić information content (AvgIpc) is 2.98. The summed E-state index contributed by atoms with van der Waals surface area (Å²) in [4.78, 5) is 59.4. The molecule has 3 rings (SSSR count). The summed E-state index contributed by atoms with van der Waals surface area (Å²) < 4.78 is 0. The summed E-state index contributed by atoms with van der Waals surface area (Å²) in [6.07, 6.45) is 4.39. The van der Waals surface area contributed by atoms with Gasteiger partial charge in [-0.1, -0.05) is 56.3 Å². The van der Waals surface area contributed by atoms with E-state index in [0.29, 0.717) is 5.56 Å². The molecule has 227 valence electrons. The number of nitrogens with one attached hydrogen (secondary N) is 3. The topological polar surface area (TPSA) is 211 Å². The second-order valence-electron chi connectivity index (χ2n) is 9.88. The molecule has 43 heavy (non-hydrogen) atoms. The molecule has 3 atom stereocenters. The van der Waals surface area contributed by atoms with E-state index in [0.717, 1.165) is 5.56 Å². The van der Waals surface area contributed by atoms with E-state index < -0.39 is 41.8 Å². The highest BCUT2D eigenvalue weighted by Gasteiger charge is 2.30. The van der Waals surface area contributed by atoms with Gasteiger partial charge in [0.05, 0.1) is 6.20 Å². The molecule has 14 heteroatoms. The monoisotopic (exact) mass is 592 g/mol. The Morgan fingerprint density at radius 2 is 1.33 bits per heavy atom. The lowest BCUT2D eigenvalue weighted by Crippen LogP contribution is -2.57. The molecule has 1 aromatic heterocycles. The Labute approximate surface area is 249 Å². The number of carbonyl (C=O) groups excluding carboxylic acids is 3. The van der Waals surface area contributed by atoms with Crippen LogP contribution in [-0.4, -0.2) is 79.7 Å². The SMILES string of the molecule is CC(C)C[C@H](NC(=O)[C@H](Cc1ccc(O)cc1)NC(=O)[C@H](Cc1ccccc1)NC(=O)c1cnccn1)C(=O)O.O[B]O. The van der Waals surface area contributed by atoms with Crippen LogP contribution in [0.3, 0.4) is 0 Å². The molecule has 0 bridgehead atoms. The number of carbonyl (C=O) groups is 4. The Balaban J connectivity index is 0.00000206. The minimum atomic E-state index is -1.19. The summed E-state index contributed by atoms with van der Waals surface area (Å²) in [6, 6.07) is 11.7. The number of amides is 3. The van der Waals surface area contributed by atoms with Gasteiger partial charge in [0.1, 0.15) is 29.6 Å². The highest BCUT2D eigenvalue weighted by atomic mass is 16.4. The van der Waals surface area contributed by atoms with Crippen LogP contribution in [0.15, 0.2) is 73.2 Å². The molecule has 0 aliphatic carbocycles. The summed E-state index contributed by atoms with van der Waals surface area (Å²) in [6.45, 7) is 3.68. The van der Waals surface area contributed by atoms with Crippen molar-refractivity contribution >= 4 is 31.4 Å². The number of hydrogen-bond donors (Lipinski definition) is 7. The predicted molar refractivity (Wildman–Crippen MR) is 156 cm³/mol. The third-order valence-electron chi connectivity index (χ3n) is 6.03. The first-order chi connectivity index (χ1) is 20.5. The van der Waals surface area contributed by atoms with Crippen molar-refractivity contribution in [3.05, 3.63) is 90.0 Å². The molecule has 7 N–H and O–H groups in total. The van der Waals surface area contributed by atoms with Crippen molar-refractivity contribution in [1.29, 1.82) is 0 Å². The molecular formula is C29H35BN5O8. The number of nitrogens with zero attached hydrogens (tertiary/aromatic N) is 2. The fraction of sp³-hybridized carbons (Fsp3) is 0.310. The van der Waals surface area contributed by atoms with Gasteiger partial charge in [-0.25, -0.2) is 9.78 Å². The molecule has 0 fully saturated rings. The molecule has 3 aromatic rings. The van der Waals surface area contributed by atoms with Crippen LogP contribution in [0.2, 0.25) is 0 Å². The third-order valence-corrected chi connectivity index (χ3v) is 6.03. The number of hydrogen-bond acceptors (Lipinski definition) is 9. The summed E-state index contributed by atoms with van der Waals surface area (Å²) in [5.41, 5.74) is 1.41. The maximum atomic E-state index is 13.6. The molecule has 0 aliphatic heterocycles. The fourth-order valence-corrected chi connectivity index (χ4v) is 4.02. The van der Waals surface area contributed by atoms with Crippen molar-refractivity contribution in [1.82, 2.24) is 25.9 Å². The van der Waals surface area contributed by atoms with Gasteiger partial charge in [-0.2, -0.15) is 0 Å². The Bertz CT molecular complexity index is 1310. The van der Waals surface area contributed by atoms with Gasteiger partial charge in [0.2, 0.25) is 11.8 Å². The Morgan fingerprint density at radius 1 is 0.791 bits per heavy atom. The standard InChI is InChI=1S/C29H33N5O6.BH2O2/c1-18(2)14-24(29(39)40)34-27(37)23(16-20-8-10-21(35)11-9-20)32-26(36)22(15-19-6-4-3-5-7-19)33-28(38)25-17-30-12-13-31-25;2-1-3/h3-13,17-18,22-24,35H,14-16H2,1-2H3,(H,32,36)(H,33,38)(H,34,37)(H,39,40);2-3H/t22-,23-,24-;/m0./s1. The normalized spacial score (nSPS) is 12.5. The molecule has 0 saturated heterocycles. The second-order valence-corrected chi connectivity index (χ2v) is 9.88. The van der Waals surface area contributed by atoms with Gasteiger partial charge in [0, 0.05) is 25.2 Å². The average molecular weight is 592 g/mol. The van der Waals surface area contributed by atoms with Crippen LogP contribution in [0, 0.1) is 5.92 Å². The largest absolute Gasteiger partial charge is 0.508 e. The number of phenolic OH excluding ortho intramolecular Hbond substituents is 1. The number of aromatic nitrogens is 2. The van der Waals surface area contributed by atoms with E-state index in [1.54, 1.807) is 36.4 Å². The van der Waals surface area contributed by atoms with Gasteiger partial charge in [-0.15, -0.1) is 0 Å². The van der Waals surface area contributed by atoms with Gasteiger partial charge in [-0.05, 0) is 35.6 Å². The van der Waals surface area contributed by atoms with Crippen LogP contribution in [-0.2, 0) is 27.2 Å². The van der Waals surface area contributed by atoms with E-state index in [-0.39, 0.29) is 44.3 Å². The number of rotatable bonds is 13. The molecule has 3 amide bonds. The number of aromatic hydroxyl groups is 1. The van der Waals surface area contributed by atoms with E-state index in [9.17, 15) is 29.4 Å². The summed E-state index contributed by atoms with van der Waals surface area (Å²) >= 11 is 0. The highest BCUT2D eigenvalue weighted by molar-refractivity contribution is 6.13. The van der Waals surface area contributed by atoms with Crippen LogP contribution in [0.1, 0.15) is 41.9 Å². The number of benzene rings is 2. The second kappa shape index (κ2) is 17.9. The van der Waals surface area contributed by atoms with Gasteiger partial charge in [0.15, 0.2) is 0 Å². The van der Waals surface area contributed by atoms with Gasteiger partial charge in [-0.3, -0.25) is 19.4 Å². The maximum Gasteiger partial charge on any atom is 0.482 e. The molecule has 2 aromatic carbocycles. The molecule has 1 heterocycles. The molecule has 13 nitrogen and oxygen atoms in total. The molecule has 0 unspecified atom stereocenters. The maximum absolute atomic E-state index is 13.6. The lowest BCUT2D eigenvalue weighted by Gasteiger charge is -2.25. The van der Waals surface area contributed by atoms with E-state index in [1.165, 1.54) is 30.7 Å². The van der Waals surface area contributed by atoms with Crippen LogP contribution in [0.4, 0.5) is 0 Å². The minimum absolute atomic E-state index is 0. The lowest BCUT2D eigenvalue weighted by molar-refractivity contribution is -0.142. The Morgan fingerprint density at radius 3 is 1.84 bits per heavy atom. The number of aliphatic carboxylic acids is 1. The minimum Gasteiger partial charge on any atom is -0.508 e. The van der Waals surface area contributed by atoms with Crippen molar-refractivity contribution < 1.29 is 39.4 Å². The van der Waals surface area contributed by atoms with E-state index in [4.69, 9.17) is 10.0 Å². The predicted octanol–water partition coefficient (Wildman–Crippen LogP) is 0.372. The van der Waals surface area contributed by atoms with Crippen LogP contribution in [0.25, 0.3) is 0 Å². The molecule has 0 spiro atoms.